The fraction of sp³-hybridized carbons (Fsp3) is 0.714. The van der Waals surface area contributed by atoms with Gasteiger partial charge in [-0.25, -0.2) is 0 Å². The zero-order chi connectivity index (χ0) is 7.02. The van der Waals surface area contributed by atoms with Crippen LogP contribution < -0.4 is 0 Å². The molecule has 0 spiro atoms. The fourth-order valence-electron chi connectivity index (χ4n) is 0.889. The van der Waals surface area contributed by atoms with Crippen LogP contribution in [0.1, 0.15) is 20.8 Å². The summed E-state index contributed by atoms with van der Waals surface area (Å²) >= 11 is 4.43. The maximum absolute atomic E-state index is 2.43. The molecule has 52 valence electrons. The third kappa shape index (κ3) is 1.45. The Morgan fingerprint density at radius 1 is 1.44 bits per heavy atom. The summed E-state index contributed by atoms with van der Waals surface area (Å²) in [4.78, 5) is 0. The second kappa shape index (κ2) is 2.82. The van der Waals surface area contributed by atoms with Gasteiger partial charge in [-0.15, -0.1) is 11.8 Å². The van der Waals surface area contributed by atoms with Gasteiger partial charge in [0, 0.05) is 8.16 Å². The lowest BCUT2D eigenvalue weighted by Crippen LogP contribution is -2.04. The Balaban J connectivity index is 2.74. The summed E-state index contributed by atoms with van der Waals surface area (Å²) in [7, 11) is 0. The van der Waals surface area contributed by atoms with Crippen molar-refractivity contribution in [1.29, 1.82) is 0 Å². The molecule has 0 N–H and O–H groups in total. The summed E-state index contributed by atoms with van der Waals surface area (Å²) in [6.45, 7) is 6.84. The van der Waals surface area contributed by atoms with Crippen LogP contribution in [0.3, 0.4) is 0 Å². The van der Waals surface area contributed by atoms with Gasteiger partial charge in [0.25, 0.3) is 0 Å². The van der Waals surface area contributed by atoms with Crippen LogP contribution in [-0.4, -0.2) is 5.25 Å². The summed E-state index contributed by atoms with van der Waals surface area (Å²) in [5.41, 5.74) is 1.58. The highest BCUT2D eigenvalue weighted by atomic mass is 127. The molecule has 1 aliphatic rings. The molecule has 0 radical (unpaired) electrons. The van der Waals surface area contributed by atoms with Crippen LogP contribution in [0.5, 0.6) is 0 Å². The molecule has 1 heterocycles. The van der Waals surface area contributed by atoms with E-state index >= 15 is 0 Å². The van der Waals surface area contributed by atoms with Crippen molar-refractivity contribution in [3.63, 3.8) is 0 Å². The number of allylic oxidation sites excluding steroid dienone is 1. The van der Waals surface area contributed by atoms with Crippen molar-refractivity contribution in [1.82, 2.24) is 0 Å². The minimum absolute atomic E-state index is 0.793. The Labute approximate surface area is 74.6 Å². The first-order chi connectivity index (χ1) is 4.13. The van der Waals surface area contributed by atoms with E-state index in [9.17, 15) is 0 Å². The predicted molar refractivity (Wildman–Crippen MR) is 52.9 cm³/mol. The Bertz CT molecular complexity index is 151. The number of hydrogen-bond acceptors (Lipinski definition) is 1. The van der Waals surface area contributed by atoms with Crippen molar-refractivity contribution in [2.24, 2.45) is 5.92 Å². The average molecular weight is 254 g/mol. The molecular formula is C7H11IS. The molecule has 0 aromatic carbocycles. The lowest BCUT2D eigenvalue weighted by Gasteiger charge is -2.08. The van der Waals surface area contributed by atoms with Gasteiger partial charge in [-0.2, -0.15) is 0 Å². The van der Waals surface area contributed by atoms with Gasteiger partial charge in [0.2, 0.25) is 0 Å². The van der Waals surface area contributed by atoms with E-state index in [0.717, 1.165) is 11.2 Å². The molecule has 1 aliphatic heterocycles. The molecule has 0 aliphatic carbocycles. The molecule has 9 heavy (non-hydrogen) atoms. The van der Waals surface area contributed by atoms with Crippen molar-refractivity contribution in [2.45, 2.75) is 26.0 Å². The molecule has 1 rings (SSSR count). The standard InChI is InChI=1S/C7H11IS/c1-4-5(2)7(8)9-6(4)3/h4,6H,1-3H3. The molecule has 0 nitrogen and oxygen atoms in total. The maximum Gasteiger partial charge on any atom is 0.0452 e. The van der Waals surface area contributed by atoms with Gasteiger partial charge in [0.15, 0.2) is 0 Å². The number of rotatable bonds is 0. The monoisotopic (exact) mass is 254 g/mol. The smallest absolute Gasteiger partial charge is 0.0452 e. The van der Waals surface area contributed by atoms with Crippen molar-refractivity contribution < 1.29 is 0 Å². The van der Waals surface area contributed by atoms with E-state index in [1.165, 1.54) is 2.91 Å². The maximum atomic E-state index is 2.43. The number of hydrogen-bond donors (Lipinski definition) is 0. The Morgan fingerprint density at radius 2 is 2.00 bits per heavy atom. The Hall–Kier alpha value is 0.820. The largest absolute Gasteiger partial charge is 0.116 e. The van der Waals surface area contributed by atoms with Crippen molar-refractivity contribution >= 4 is 34.4 Å². The van der Waals surface area contributed by atoms with Gasteiger partial charge in [-0.05, 0) is 41.0 Å². The Kier molecular flexibility index (Phi) is 2.49. The lowest BCUT2D eigenvalue weighted by molar-refractivity contribution is 0.687. The fourth-order valence-corrected chi connectivity index (χ4v) is 3.69. The van der Waals surface area contributed by atoms with E-state index in [1.54, 1.807) is 5.57 Å². The molecule has 0 fully saturated rings. The summed E-state index contributed by atoms with van der Waals surface area (Å²) < 4.78 is 1.51. The van der Waals surface area contributed by atoms with Crippen LogP contribution >= 0.6 is 34.4 Å². The SMILES string of the molecule is CC1=C(I)SC(C)C1C. The van der Waals surface area contributed by atoms with Crippen LogP contribution in [-0.2, 0) is 0 Å². The molecule has 2 atom stereocenters. The Morgan fingerprint density at radius 3 is 2.11 bits per heavy atom. The predicted octanol–water partition coefficient (Wildman–Crippen LogP) is 3.42. The van der Waals surface area contributed by atoms with E-state index in [4.69, 9.17) is 0 Å². The summed E-state index contributed by atoms with van der Waals surface area (Å²) in [5, 5.41) is 0.803. The third-order valence-corrected chi connectivity index (χ3v) is 4.91. The molecule has 0 saturated carbocycles. The van der Waals surface area contributed by atoms with Gasteiger partial charge in [0.1, 0.15) is 0 Å². The van der Waals surface area contributed by atoms with E-state index in [0.29, 0.717) is 0 Å². The second-order valence-electron chi connectivity index (χ2n) is 2.57. The van der Waals surface area contributed by atoms with Gasteiger partial charge >= 0.3 is 0 Å². The first-order valence-electron chi connectivity index (χ1n) is 3.16. The normalized spacial score (nSPS) is 36.0. The molecular weight excluding hydrogens is 243 g/mol. The van der Waals surface area contributed by atoms with E-state index in [2.05, 4.69) is 43.4 Å². The van der Waals surface area contributed by atoms with Crippen LogP contribution in [0.4, 0.5) is 0 Å². The van der Waals surface area contributed by atoms with Gasteiger partial charge in [-0.1, -0.05) is 13.8 Å². The molecule has 0 amide bonds. The van der Waals surface area contributed by atoms with Crippen molar-refractivity contribution in [2.75, 3.05) is 0 Å². The van der Waals surface area contributed by atoms with E-state index in [-0.39, 0.29) is 0 Å². The molecule has 0 aromatic rings. The van der Waals surface area contributed by atoms with Crippen molar-refractivity contribution in [3.8, 4) is 0 Å². The van der Waals surface area contributed by atoms with Crippen LogP contribution in [0.15, 0.2) is 8.48 Å². The third-order valence-electron chi connectivity index (χ3n) is 1.99. The summed E-state index contributed by atoms with van der Waals surface area (Å²) in [6.07, 6.45) is 0. The van der Waals surface area contributed by atoms with Crippen LogP contribution in [0.25, 0.3) is 0 Å². The lowest BCUT2D eigenvalue weighted by atomic mass is 10.0. The quantitative estimate of drug-likeness (QED) is 0.597. The molecule has 0 saturated heterocycles. The molecule has 0 bridgehead atoms. The molecule has 0 aromatic heterocycles. The zero-order valence-electron chi connectivity index (χ0n) is 5.94. The molecule has 2 unspecified atom stereocenters. The summed E-state index contributed by atoms with van der Waals surface area (Å²) in [6, 6.07) is 0. The molecule has 2 heteroatoms. The highest BCUT2D eigenvalue weighted by molar-refractivity contribution is 14.1. The van der Waals surface area contributed by atoms with Gasteiger partial charge < -0.3 is 0 Å². The number of halogens is 1. The van der Waals surface area contributed by atoms with Crippen LogP contribution in [0, 0.1) is 5.92 Å². The van der Waals surface area contributed by atoms with E-state index < -0.39 is 0 Å². The number of thioether (sulfide) groups is 1. The topological polar surface area (TPSA) is 0 Å². The first kappa shape index (κ1) is 7.92. The minimum atomic E-state index is 0.793. The van der Waals surface area contributed by atoms with Crippen molar-refractivity contribution in [3.05, 3.63) is 8.48 Å². The van der Waals surface area contributed by atoms with E-state index in [1.807, 2.05) is 11.8 Å². The highest BCUT2D eigenvalue weighted by Crippen LogP contribution is 2.44. The van der Waals surface area contributed by atoms with Gasteiger partial charge in [-0.3, -0.25) is 0 Å². The van der Waals surface area contributed by atoms with Crippen LogP contribution in [0.2, 0.25) is 0 Å². The minimum Gasteiger partial charge on any atom is -0.116 e. The zero-order valence-corrected chi connectivity index (χ0v) is 8.91. The summed E-state index contributed by atoms with van der Waals surface area (Å²) in [5.74, 6) is 0.793. The average Bonchev–Trinajstić information content (AvgIpc) is 1.98. The van der Waals surface area contributed by atoms with Gasteiger partial charge in [0.05, 0.1) is 0 Å². The highest BCUT2D eigenvalue weighted by Gasteiger charge is 2.24. The second-order valence-corrected chi connectivity index (χ2v) is 5.77. The first-order valence-corrected chi connectivity index (χ1v) is 5.11.